The van der Waals surface area contributed by atoms with Crippen molar-refractivity contribution in [1.82, 2.24) is 5.32 Å². The molecule has 0 saturated carbocycles. The first-order valence-corrected chi connectivity index (χ1v) is 5.83. The van der Waals surface area contributed by atoms with E-state index in [1.165, 1.54) is 20.0 Å². The fraction of sp³-hybridized carbons (Fsp3) is 0.333. The molecule has 12 heavy (non-hydrogen) atoms. The molecule has 3 heteroatoms. The lowest BCUT2D eigenvalue weighted by atomic mass is 9.98. The minimum atomic E-state index is 0.596. The third kappa shape index (κ3) is 1.67. The molecule has 1 heterocycles. The van der Waals surface area contributed by atoms with Crippen LogP contribution in [0.25, 0.3) is 0 Å². The molecular formula is C9H9BrIN. The van der Waals surface area contributed by atoms with Crippen molar-refractivity contribution in [2.75, 3.05) is 6.54 Å². The summed E-state index contributed by atoms with van der Waals surface area (Å²) in [7, 11) is 0. The Balaban J connectivity index is 2.27. The van der Waals surface area contributed by atoms with Gasteiger partial charge in [-0.2, -0.15) is 0 Å². The number of hydrogen-bond acceptors (Lipinski definition) is 1. The molecule has 1 aromatic rings. The highest BCUT2D eigenvalue weighted by atomic mass is 127. The molecule has 0 amide bonds. The van der Waals surface area contributed by atoms with Gasteiger partial charge in [-0.15, -0.1) is 0 Å². The smallest absolute Gasteiger partial charge is 0.0332 e. The highest BCUT2D eigenvalue weighted by Gasteiger charge is 2.18. The first-order valence-electron chi connectivity index (χ1n) is 3.96. The lowest BCUT2D eigenvalue weighted by molar-refractivity contribution is 0.383. The fourth-order valence-corrected chi connectivity index (χ4v) is 2.03. The Labute approximate surface area is 94.2 Å². The minimum Gasteiger partial charge on any atom is -0.310 e. The van der Waals surface area contributed by atoms with Crippen molar-refractivity contribution in [2.45, 2.75) is 12.5 Å². The molecule has 0 aromatic heterocycles. The molecular weight excluding hydrogens is 329 g/mol. The molecule has 0 bridgehead atoms. The average molecular weight is 338 g/mol. The van der Waals surface area contributed by atoms with Crippen LogP contribution in [0.4, 0.5) is 0 Å². The van der Waals surface area contributed by atoms with Gasteiger partial charge in [-0.05, 0) is 69.2 Å². The molecule has 1 aromatic carbocycles. The van der Waals surface area contributed by atoms with Crippen molar-refractivity contribution in [3.05, 3.63) is 31.8 Å². The largest absolute Gasteiger partial charge is 0.310 e. The monoisotopic (exact) mass is 337 g/mol. The second kappa shape index (κ2) is 3.64. The number of hydrogen-bond donors (Lipinski definition) is 1. The van der Waals surface area contributed by atoms with Crippen LogP contribution < -0.4 is 5.32 Å². The molecule has 1 nitrogen and oxygen atoms in total. The summed E-state index contributed by atoms with van der Waals surface area (Å²) in [6.45, 7) is 1.16. The molecule has 0 radical (unpaired) electrons. The third-order valence-electron chi connectivity index (χ3n) is 2.17. The van der Waals surface area contributed by atoms with Gasteiger partial charge in [-0.25, -0.2) is 0 Å². The zero-order valence-corrected chi connectivity index (χ0v) is 10.2. The predicted molar refractivity (Wildman–Crippen MR) is 62.2 cm³/mol. The zero-order valence-electron chi connectivity index (χ0n) is 6.48. The summed E-state index contributed by atoms with van der Waals surface area (Å²) in [5.41, 5.74) is 1.40. The maximum atomic E-state index is 3.53. The number of halogens is 2. The van der Waals surface area contributed by atoms with E-state index in [-0.39, 0.29) is 0 Å². The highest BCUT2D eigenvalue weighted by Crippen LogP contribution is 2.27. The summed E-state index contributed by atoms with van der Waals surface area (Å²) >= 11 is 5.86. The van der Waals surface area contributed by atoms with Crippen molar-refractivity contribution in [3.8, 4) is 0 Å². The Morgan fingerprint density at radius 3 is 2.75 bits per heavy atom. The zero-order chi connectivity index (χ0) is 8.55. The van der Waals surface area contributed by atoms with E-state index < -0.39 is 0 Å². The minimum absolute atomic E-state index is 0.596. The van der Waals surface area contributed by atoms with Gasteiger partial charge >= 0.3 is 0 Å². The lowest BCUT2D eigenvalue weighted by Gasteiger charge is -2.28. The first-order chi connectivity index (χ1) is 5.77. The van der Waals surface area contributed by atoms with E-state index in [0.717, 1.165) is 6.54 Å². The third-order valence-corrected chi connectivity index (χ3v) is 4.51. The average Bonchev–Trinajstić information content (AvgIpc) is 1.93. The standard InChI is InChI=1S/C9H9BrIN/c10-7-5-6(1-2-8(7)11)9-3-4-12-9/h1-2,5,9,12H,3-4H2. The van der Waals surface area contributed by atoms with Gasteiger partial charge in [0.05, 0.1) is 0 Å². The van der Waals surface area contributed by atoms with Crippen molar-refractivity contribution < 1.29 is 0 Å². The summed E-state index contributed by atoms with van der Waals surface area (Å²) in [6.07, 6.45) is 1.27. The first kappa shape index (κ1) is 8.97. The molecule has 64 valence electrons. The molecule has 0 aliphatic carbocycles. The molecule has 0 spiro atoms. The van der Waals surface area contributed by atoms with Gasteiger partial charge in [0.25, 0.3) is 0 Å². The van der Waals surface area contributed by atoms with Crippen molar-refractivity contribution >= 4 is 38.5 Å². The Morgan fingerprint density at radius 1 is 1.50 bits per heavy atom. The van der Waals surface area contributed by atoms with Gasteiger partial charge in [-0.3, -0.25) is 0 Å². The van der Waals surface area contributed by atoms with E-state index >= 15 is 0 Å². The topological polar surface area (TPSA) is 12.0 Å². The second-order valence-electron chi connectivity index (χ2n) is 2.97. The molecule has 1 N–H and O–H groups in total. The lowest BCUT2D eigenvalue weighted by Crippen LogP contribution is -2.34. The summed E-state index contributed by atoms with van der Waals surface area (Å²) < 4.78 is 2.48. The molecule has 1 unspecified atom stereocenters. The van der Waals surface area contributed by atoms with Crippen LogP contribution in [-0.2, 0) is 0 Å². The summed E-state index contributed by atoms with van der Waals surface area (Å²) in [6, 6.07) is 7.15. The predicted octanol–water partition coefficient (Wildman–Crippen LogP) is 3.09. The van der Waals surface area contributed by atoms with Crippen molar-refractivity contribution in [3.63, 3.8) is 0 Å². The van der Waals surface area contributed by atoms with E-state index in [4.69, 9.17) is 0 Å². The van der Waals surface area contributed by atoms with Gasteiger partial charge in [0.2, 0.25) is 0 Å². The maximum absolute atomic E-state index is 3.53. The van der Waals surface area contributed by atoms with Crippen LogP contribution in [0.5, 0.6) is 0 Å². The molecule has 1 atom stereocenters. The molecule has 1 saturated heterocycles. The van der Waals surface area contributed by atoms with Crippen molar-refractivity contribution in [2.24, 2.45) is 0 Å². The van der Waals surface area contributed by atoms with Gasteiger partial charge in [0.15, 0.2) is 0 Å². The van der Waals surface area contributed by atoms with E-state index in [0.29, 0.717) is 6.04 Å². The summed E-state index contributed by atoms with van der Waals surface area (Å²) in [4.78, 5) is 0. The SMILES string of the molecule is Brc1cc(C2CCN2)ccc1I. The second-order valence-corrected chi connectivity index (χ2v) is 4.99. The van der Waals surface area contributed by atoms with Crippen LogP contribution in [0.2, 0.25) is 0 Å². The summed E-state index contributed by atoms with van der Waals surface area (Å²) in [5, 5.41) is 3.39. The normalized spacial score (nSPS) is 22.0. The van der Waals surface area contributed by atoms with Crippen molar-refractivity contribution in [1.29, 1.82) is 0 Å². The number of benzene rings is 1. The highest BCUT2D eigenvalue weighted by molar-refractivity contribution is 14.1. The van der Waals surface area contributed by atoms with Gasteiger partial charge in [-0.1, -0.05) is 6.07 Å². The van der Waals surface area contributed by atoms with Gasteiger partial charge in [0.1, 0.15) is 0 Å². The van der Waals surface area contributed by atoms with Crippen LogP contribution in [-0.4, -0.2) is 6.54 Å². The molecule has 1 fully saturated rings. The van der Waals surface area contributed by atoms with Crippen LogP contribution >= 0.6 is 38.5 Å². The molecule has 2 rings (SSSR count). The van der Waals surface area contributed by atoms with Gasteiger partial charge in [0, 0.05) is 14.1 Å². The molecule has 1 aliphatic heterocycles. The summed E-state index contributed by atoms with van der Waals surface area (Å²) in [5.74, 6) is 0. The van der Waals surface area contributed by atoms with Crippen LogP contribution in [0.15, 0.2) is 22.7 Å². The van der Waals surface area contributed by atoms with E-state index in [1.54, 1.807) is 0 Å². The Kier molecular flexibility index (Phi) is 2.72. The Hall–Kier alpha value is 0.390. The Morgan fingerprint density at radius 2 is 2.25 bits per heavy atom. The molecule has 1 aliphatic rings. The van der Waals surface area contributed by atoms with Crippen LogP contribution in [0, 0.1) is 3.57 Å². The fourth-order valence-electron chi connectivity index (χ4n) is 1.30. The van der Waals surface area contributed by atoms with Crippen LogP contribution in [0.3, 0.4) is 0 Å². The number of rotatable bonds is 1. The van der Waals surface area contributed by atoms with E-state index in [1.807, 2.05) is 0 Å². The van der Waals surface area contributed by atoms with E-state index in [9.17, 15) is 0 Å². The van der Waals surface area contributed by atoms with E-state index in [2.05, 4.69) is 62.0 Å². The maximum Gasteiger partial charge on any atom is 0.0332 e. The quantitative estimate of drug-likeness (QED) is 0.776. The van der Waals surface area contributed by atoms with Crippen LogP contribution in [0.1, 0.15) is 18.0 Å². The Bertz CT molecular complexity index is 297. The van der Waals surface area contributed by atoms with Gasteiger partial charge < -0.3 is 5.32 Å². The number of nitrogens with one attached hydrogen (secondary N) is 1.